The second-order valence-electron chi connectivity index (χ2n) is 7.40. The molecule has 4 nitrogen and oxygen atoms in total. The van der Waals surface area contributed by atoms with Crippen molar-refractivity contribution in [3.8, 4) is 5.75 Å². The first kappa shape index (κ1) is 20.8. The van der Waals surface area contributed by atoms with E-state index in [1.165, 1.54) is 12.1 Å². The molecule has 0 fully saturated rings. The lowest BCUT2D eigenvalue weighted by atomic mass is 10.1. The Morgan fingerprint density at radius 2 is 1.93 bits per heavy atom. The molecule has 3 rings (SSSR count). The SMILES string of the molecule is C=C(F)CCCC(=O)Nc1c(C)cc(N2CCOc3cc(F)ccc3C2)cc1C. The van der Waals surface area contributed by atoms with E-state index in [4.69, 9.17) is 4.74 Å². The number of anilines is 2. The number of rotatable bonds is 6. The molecule has 0 radical (unpaired) electrons. The third-order valence-corrected chi connectivity index (χ3v) is 5.01. The summed E-state index contributed by atoms with van der Waals surface area (Å²) in [4.78, 5) is 14.4. The van der Waals surface area contributed by atoms with Gasteiger partial charge in [0.25, 0.3) is 0 Å². The number of fused-ring (bicyclic) bond motifs is 1. The van der Waals surface area contributed by atoms with E-state index >= 15 is 0 Å². The van der Waals surface area contributed by atoms with Crippen LogP contribution in [0.4, 0.5) is 20.2 Å². The molecular weight excluding hydrogens is 374 g/mol. The number of allylic oxidation sites excluding steroid dienone is 1. The molecule has 0 atom stereocenters. The van der Waals surface area contributed by atoms with Crippen LogP contribution < -0.4 is 15.0 Å². The molecule has 1 heterocycles. The standard InChI is InChI=1S/C23H26F2N2O2/c1-15-11-20(12-16(2)23(15)26-22(28)6-4-5-17(3)24)27-9-10-29-21-13-19(25)8-7-18(21)14-27/h7-8,11-13H,3-6,9-10,14H2,1-2H3,(H,26,28). The molecule has 29 heavy (non-hydrogen) atoms. The summed E-state index contributed by atoms with van der Waals surface area (Å²) in [6, 6.07) is 8.68. The highest BCUT2D eigenvalue weighted by atomic mass is 19.1. The summed E-state index contributed by atoms with van der Waals surface area (Å²) in [5.41, 5.74) is 4.64. The van der Waals surface area contributed by atoms with Crippen molar-refractivity contribution >= 4 is 17.3 Å². The largest absolute Gasteiger partial charge is 0.491 e. The second kappa shape index (κ2) is 9.07. The Kier molecular flexibility index (Phi) is 6.52. The summed E-state index contributed by atoms with van der Waals surface area (Å²) in [6.07, 6.45) is 0.887. The van der Waals surface area contributed by atoms with Crippen LogP contribution in [-0.4, -0.2) is 19.1 Å². The predicted molar refractivity (Wildman–Crippen MR) is 112 cm³/mol. The number of amides is 1. The van der Waals surface area contributed by atoms with Gasteiger partial charge in [-0.3, -0.25) is 4.79 Å². The van der Waals surface area contributed by atoms with Gasteiger partial charge >= 0.3 is 0 Å². The van der Waals surface area contributed by atoms with Crippen molar-refractivity contribution in [2.45, 2.75) is 39.7 Å². The number of aryl methyl sites for hydroxylation is 2. The van der Waals surface area contributed by atoms with Gasteiger partial charge in [-0.25, -0.2) is 8.78 Å². The number of nitrogens with zero attached hydrogens (tertiary/aromatic N) is 1. The Morgan fingerprint density at radius 3 is 2.62 bits per heavy atom. The van der Waals surface area contributed by atoms with E-state index in [0.717, 1.165) is 28.1 Å². The van der Waals surface area contributed by atoms with Crippen LogP contribution >= 0.6 is 0 Å². The van der Waals surface area contributed by atoms with Gasteiger partial charge in [0.05, 0.1) is 12.4 Å². The van der Waals surface area contributed by atoms with Gasteiger partial charge in [0.15, 0.2) is 0 Å². The van der Waals surface area contributed by atoms with Gasteiger partial charge in [-0.15, -0.1) is 0 Å². The summed E-state index contributed by atoms with van der Waals surface area (Å²) in [5.74, 6) is -0.259. The Morgan fingerprint density at radius 1 is 1.21 bits per heavy atom. The third kappa shape index (κ3) is 5.34. The van der Waals surface area contributed by atoms with Crippen molar-refractivity contribution in [1.82, 2.24) is 0 Å². The first-order chi connectivity index (χ1) is 13.8. The maximum atomic E-state index is 13.5. The molecule has 0 aliphatic carbocycles. The molecule has 6 heteroatoms. The number of carbonyl (C=O) groups is 1. The maximum absolute atomic E-state index is 13.5. The average molecular weight is 400 g/mol. The van der Waals surface area contributed by atoms with Crippen molar-refractivity contribution in [3.05, 3.63) is 65.2 Å². The van der Waals surface area contributed by atoms with Gasteiger partial charge in [-0.05, 0) is 56.0 Å². The van der Waals surface area contributed by atoms with Gasteiger partial charge in [-0.2, -0.15) is 0 Å². The number of ether oxygens (including phenoxy) is 1. The van der Waals surface area contributed by atoms with Gasteiger partial charge in [0, 0.05) is 36.0 Å². The van der Waals surface area contributed by atoms with Crippen LogP contribution in [0.1, 0.15) is 36.0 Å². The zero-order chi connectivity index (χ0) is 21.0. The number of benzene rings is 2. The third-order valence-electron chi connectivity index (χ3n) is 5.01. The molecule has 154 valence electrons. The number of hydrogen-bond donors (Lipinski definition) is 1. The normalized spacial score (nSPS) is 13.3. The van der Waals surface area contributed by atoms with E-state index in [9.17, 15) is 13.6 Å². The molecule has 1 N–H and O–H groups in total. The van der Waals surface area contributed by atoms with Gasteiger partial charge in [-0.1, -0.05) is 12.6 Å². The van der Waals surface area contributed by atoms with E-state index in [1.807, 2.05) is 26.0 Å². The monoisotopic (exact) mass is 400 g/mol. The quantitative estimate of drug-likeness (QED) is 0.703. The van der Waals surface area contributed by atoms with Gasteiger partial charge < -0.3 is 15.0 Å². The molecule has 0 bridgehead atoms. The number of carbonyl (C=O) groups excluding carboxylic acids is 1. The zero-order valence-electron chi connectivity index (χ0n) is 16.9. The van der Waals surface area contributed by atoms with Crippen LogP contribution in [0.25, 0.3) is 0 Å². The van der Waals surface area contributed by atoms with Crippen LogP contribution in [0.15, 0.2) is 42.7 Å². The Labute approximate surface area is 170 Å². The highest BCUT2D eigenvalue weighted by molar-refractivity contribution is 5.92. The van der Waals surface area contributed by atoms with Crippen molar-refractivity contribution in [3.63, 3.8) is 0 Å². The highest BCUT2D eigenvalue weighted by Crippen LogP contribution is 2.31. The van der Waals surface area contributed by atoms with E-state index in [2.05, 4.69) is 16.8 Å². The molecule has 0 saturated carbocycles. The minimum absolute atomic E-state index is 0.135. The fourth-order valence-electron chi connectivity index (χ4n) is 3.53. The first-order valence-corrected chi connectivity index (χ1v) is 9.74. The first-order valence-electron chi connectivity index (χ1n) is 9.74. The fourth-order valence-corrected chi connectivity index (χ4v) is 3.53. The molecule has 0 saturated heterocycles. The van der Waals surface area contributed by atoms with Crippen LogP contribution in [0.5, 0.6) is 5.75 Å². The summed E-state index contributed by atoms with van der Waals surface area (Å²) in [5, 5.41) is 2.94. The highest BCUT2D eigenvalue weighted by Gasteiger charge is 2.18. The zero-order valence-corrected chi connectivity index (χ0v) is 16.9. The summed E-state index contributed by atoms with van der Waals surface area (Å²) >= 11 is 0. The second-order valence-corrected chi connectivity index (χ2v) is 7.40. The number of nitrogens with one attached hydrogen (secondary N) is 1. The smallest absolute Gasteiger partial charge is 0.224 e. The molecule has 1 amide bonds. The topological polar surface area (TPSA) is 41.6 Å². The molecular formula is C23H26F2N2O2. The van der Waals surface area contributed by atoms with E-state index < -0.39 is 5.83 Å². The van der Waals surface area contributed by atoms with Crippen molar-refractivity contribution < 1.29 is 18.3 Å². The molecule has 1 aliphatic rings. The molecule has 0 aromatic heterocycles. The Balaban J connectivity index is 1.74. The van der Waals surface area contributed by atoms with E-state index in [0.29, 0.717) is 31.9 Å². The van der Waals surface area contributed by atoms with Crippen LogP contribution in [0.2, 0.25) is 0 Å². The lowest BCUT2D eigenvalue weighted by molar-refractivity contribution is -0.116. The van der Waals surface area contributed by atoms with Gasteiger partial charge in [0.2, 0.25) is 5.91 Å². The van der Waals surface area contributed by atoms with Crippen molar-refractivity contribution in [2.75, 3.05) is 23.4 Å². The van der Waals surface area contributed by atoms with Crippen LogP contribution in [-0.2, 0) is 11.3 Å². The Hall–Kier alpha value is -2.89. The van der Waals surface area contributed by atoms with Crippen molar-refractivity contribution in [1.29, 1.82) is 0 Å². The van der Waals surface area contributed by atoms with E-state index in [1.54, 1.807) is 6.07 Å². The molecule has 0 unspecified atom stereocenters. The maximum Gasteiger partial charge on any atom is 0.224 e. The number of hydrogen-bond acceptors (Lipinski definition) is 3. The molecule has 2 aromatic rings. The minimum Gasteiger partial charge on any atom is -0.491 e. The summed E-state index contributed by atoms with van der Waals surface area (Å²) < 4.78 is 31.9. The van der Waals surface area contributed by atoms with Crippen LogP contribution in [0, 0.1) is 19.7 Å². The van der Waals surface area contributed by atoms with Crippen molar-refractivity contribution in [2.24, 2.45) is 0 Å². The lowest BCUT2D eigenvalue weighted by Crippen LogP contribution is -2.25. The lowest BCUT2D eigenvalue weighted by Gasteiger charge is -2.24. The summed E-state index contributed by atoms with van der Waals surface area (Å²) in [6.45, 7) is 8.87. The molecule has 1 aliphatic heterocycles. The molecule has 0 spiro atoms. The fraction of sp³-hybridized carbons (Fsp3) is 0.348. The van der Waals surface area contributed by atoms with E-state index in [-0.39, 0.29) is 24.6 Å². The van der Waals surface area contributed by atoms with Crippen LogP contribution in [0.3, 0.4) is 0 Å². The minimum atomic E-state index is -0.403. The summed E-state index contributed by atoms with van der Waals surface area (Å²) in [7, 11) is 0. The Bertz CT molecular complexity index is 904. The molecule has 2 aromatic carbocycles. The van der Waals surface area contributed by atoms with Gasteiger partial charge in [0.1, 0.15) is 18.2 Å². The predicted octanol–water partition coefficient (Wildman–Crippen LogP) is 5.43. The number of halogens is 2. The average Bonchev–Trinajstić information content (AvgIpc) is 2.86.